The maximum Gasteiger partial charge on any atom is 0.104 e. The predicted molar refractivity (Wildman–Crippen MR) is 50.6 cm³/mol. The Morgan fingerprint density at radius 1 is 1.62 bits per heavy atom. The molecule has 1 aromatic rings. The van der Waals surface area contributed by atoms with Crippen molar-refractivity contribution >= 4 is 0 Å². The van der Waals surface area contributed by atoms with Gasteiger partial charge in [-0.3, -0.25) is 4.68 Å². The lowest BCUT2D eigenvalue weighted by Crippen LogP contribution is -2.31. The number of fused-ring (bicyclic) bond motifs is 1. The molecule has 3 nitrogen and oxygen atoms in total. The van der Waals surface area contributed by atoms with Crippen LogP contribution in [0.25, 0.3) is 0 Å². The van der Waals surface area contributed by atoms with Gasteiger partial charge in [-0.2, -0.15) is 5.10 Å². The van der Waals surface area contributed by atoms with Crippen molar-refractivity contribution in [1.82, 2.24) is 9.78 Å². The number of ether oxygens (including phenoxy) is 1. The van der Waals surface area contributed by atoms with Crippen molar-refractivity contribution in [3.05, 3.63) is 17.5 Å². The zero-order valence-electron chi connectivity index (χ0n) is 8.50. The molecule has 0 saturated heterocycles. The molecule has 13 heavy (non-hydrogen) atoms. The van der Waals surface area contributed by atoms with E-state index in [0.29, 0.717) is 0 Å². The first kappa shape index (κ1) is 8.75. The summed E-state index contributed by atoms with van der Waals surface area (Å²) < 4.78 is 7.77. The Bertz CT molecular complexity index is 301. The highest BCUT2D eigenvalue weighted by Crippen LogP contribution is 2.31. The van der Waals surface area contributed by atoms with Crippen molar-refractivity contribution in [2.24, 2.45) is 0 Å². The summed E-state index contributed by atoms with van der Waals surface area (Å²) in [4.78, 5) is 0. The van der Waals surface area contributed by atoms with Gasteiger partial charge in [-0.15, -0.1) is 0 Å². The van der Waals surface area contributed by atoms with Gasteiger partial charge in [0.25, 0.3) is 0 Å². The highest BCUT2D eigenvalue weighted by molar-refractivity contribution is 5.25. The van der Waals surface area contributed by atoms with Gasteiger partial charge in [0.1, 0.15) is 5.60 Å². The van der Waals surface area contributed by atoms with Gasteiger partial charge in [0.05, 0.1) is 18.5 Å². The van der Waals surface area contributed by atoms with Crippen LogP contribution < -0.4 is 0 Å². The molecule has 1 aliphatic heterocycles. The molecule has 0 saturated carbocycles. The van der Waals surface area contributed by atoms with E-state index in [1.165, 1.54) is 11.3 Å². The van der Waals surface area contributed by atoms with Crippen molar-refractivity contribution in [3.63, 3.8) is 0 Å². The summed E-state index contributed by atoms with van der Waals surface area (Å²) in [7, 11) is 0. The third kappa shape index (κ3) is 1.27. The Balaban J connectivity index is 2.52. The van der Waals surface area contributed by atoms with Gasteiger partial charge >= 0.3 is 0 Å². The van der Waals surface area contributed by atoms with Crippen LogP contribution in [0.15, 0.2) is 6.20 Å². The highest BCUT2D eigenvalue weighted by Gasteiger charge is 2.32. The van der Waals surface area contributed by atoms with E-state index in [4.69, 9.17) is 4.74 Å². The number of aromatic nitrogens is 2. The van der Waals surface area contributed by atoms with E-state index in [2.05, 4.69) is 25.9 Å². The van der Waals surface area contributed by atoms with E-state index in [-0.39, 0.29) is 5.60 Å². The molecule has 0 fully saturated rings. The quantitative estimate of drug-likeness (QED) is 0.658. The molecule has 2 heterocycles. The van der Waals surface area contributed by atoms with Crippen LogP contribution in [0.4, 0.5) is 0 Å². The topological polar surface area (TPSA) is 27.1 Å². The molecule has 0 atom stereocenters. The standard InChI is InChI=1S/C10H16N2O/c1-4-12-9-8(7-11-12)5-6-13-10(9,2)3/h7H,4-6H2,1-3H3. The fourth-order valence-electron chi connectivity index (χ4n) is 2.03. The molecule has 0 radical (unpaired) electrons. The average Bonchev–Trinajstić information content (AvgIpc) is 2.48. The van der Waals surface area contributed by atoms with Crippen molar-refractivity contribution in [2.75, 3.05) is 6.61 Å². The predicted octanol–water partition coefficient (Wildman–Crippen LogP) is 1.71. The first-order valence-corrected chi connectivity index (χ1v) is 4.84. The highest BCUT2D eigenvalue weighted by atomic mass is 16.5. The van der Waals surface area contributed by atoms with E-state index in [0.717, 1.165) is 19.6 Å². The summed E-state index contributed by atoms with van der Waals surface area (Å²) in [5.74, 6) is 0. The largest absolute Gasteiger partial charge is 0.369 e. The van der Waals surface area contributed by atoms with Crippen molar-refractivity contribution in [3.8, 4) is 0 Å². The molecule has 1 aromatic heterocycles. The van der Waals surface area contributed by atoms with Crippen LogP contribution in [0.2, 0.25) is 0 Å². The fraction of sp³-hybridized carbons (Fsp3) is 0.700. The molecule has 0 unspecified atom stereocenters. The Morgan fingerprint density at radius 3 is 3.08 bits per heavy atom. The van der Waals surface area contributed by atoms with Gasteiger partial charge in [-0.05, 0) is 32.8 Å². The first-order chi connectivity index (χ1) is 6.15. The van der Waals surface area contributed by atoms with Crippen LogP contribution >= 0.6 is 0 Å². The molecule has 0 aliphatic carbocycles. The molecule has 0 amide bonds. The van der Waals surface area contributed by atoms with Gasteiger partial charge in [0, 0.05) is 6.54 Å². The second-order valence-corrected chi connectivity index (χ2v) is 3.94. The zero-order valence-corrected chi connectivity index (χ0v) is 8.50. The average molecular weight is 180 g/mol. The van der Waals surface area contributed by atoms with Gasteiger partial charge < -0.3 is 4.74 Å². The summed E-state index contributed by atoms with van der Waals surface area (Å²) in [6, 6.07) is 0. The van der Waals surface area contributed by atoms with Crippen LogP contribution in [0.1, 0.15) is 32.0 Å². The van der Waals surface area contributed by atoms with Crippen molar-refractivity contribution in [1.29, 1.82) is 0 Å². The molecule has 72 valence electrons. The van der Waals surface area contributed by atoms with Crippen molar-refractivity contribution < 1.29 is 4.74 Å². The van der Waals surface area contributed by atoms with Gasteiger partial charge in [0.15, 0.2) is 0 Å². The monoisotopic (exact) mass is 180 g/mol. The van der Waals surface area contributed by atoms with E-state index in [1.54, 1.807) is 0 Å². The molecule has 2 rings (SSSR count). The minimum Gasteiger partial charge on any atom is -0.369 e. The van der Waals surface area contributed by atoms with E-state index in [9.17, 15) is 0 Å². The van der Waals surface area contributed by atoms with Crippen LogP contribution in [0.3, 0.4) is 0 Å². The summed E-state index contributed by atoms with van der Waals surface area (Å²) in [6.07, 6.45) is 2.97. The Hall–Kier alpha value is -0.830. The van der Waals surface area contributed by atoms with Crippen LogP contribution in [-0.2, 0) is 23.3 Å². The molecular weight excluding hydrogens is 164 g/mol. The number of rotatable bonds is 1. The van der Waals surface area contributed by atoms with Gasteiger partial charge in [-0.25, -0.2) is 0 Å². The molecule has 0 N–H and O–H groups in total. The maximum absolute atomic E-state index is 5.73. The fourth-order valence-corrected chi connectivity index (χ4v) is 2.03. The normalized spacial score (nSPS) is 19.9. The molecule has 1 aliphatic rings. The van der Waals surface area contributed by atoms with E-state index in [1.807, 2.05) is 10.9 Å². The zero-order chi connectivity index (χ0) is 9.47. The summed E-state index contributed by atoms with van der Waals surface area (Å²) in [6.45, 7) is 8.06. The molecular formula is C10H16N2O. The number of hydrogen-bond donors (Lipinski definition) is 0. The third-order valence-corrected chi connectivity index (χ3v) is 2.62. The Kier molecular flexibility index (Phi) is 1.91. The van der Waals surface area contributed by atoms with Crippen molar-refractivity contribution in [2.45, 2.75) is 39.3 Å². The molecule has 0 bridgehead atoms. The summed E-state index contributed by atoms with van der Waals surface area (Å²) in [5, 5.41) is 4.35. The number of nitrogens with zero attached hydrogens (tertiary/aromatic N) is 2. The van der Waals surface area contributed by atoms with Crippen LogP contribution in [0.5, 0.6) is 0 Å². The lowest BCUT2D eigenvalue weighted by molar-refractivity contribution is -0.0377. The second-order valence-electron chi connectivity index (χ2n) is 3.94. The van der Waals surface area contributed by atoms with Crippen LogP contribution in [0, 0.1) is 0 Å². The lowest BCUT2D eigenvalue weighted by Gasteiger charge is -2.31. The summed E-state index contributed by atoms with van der Waals surface area (Å²) in [5.41, 5.74) is 2.43. The number of aryl methyl sites for hydroxylation is 1. The minimum absolute atomic E-state index is 0.167. The van der Waals surface area contributed by atoms with Crippen LogP contribution in [-0.4, -0.2) is 16.4 Å². The summed E-state index contributed by atoms with van der Waals surface area (Å²) >= 11 is 0. The lowest BCUT2D eigenvalue weighted by atomic mass is 9.96. The second kappa shape index (κ2) is 2.84. The van der Waals surface area contributed by atoms with Gasteiger partial charge in [0.2, 0.25) is 0 Å². The molecule has 0 spiro atoms. The smallest absolute Gasteiger partial charge is 0.104 e. The van der Waals surface area contributed by atoms with E-state index >= 15 is 0 Å². The SMILES string of the molecule is CCn1ncc2c1C(C)(C)OCC2. The molecule has 0 aromatic carbocycles. The number of hydrogen-bond acceptors (Lipinski definition) is 2. The third-order valence-electron chi connectivity index (χ3n) is 2.62. The maximum atomic E-state index is 5.73. The van der Waals surface area contributed by atoms with Gasteiger partial charge in [-0.1, -0.05) is 0 Å². The molecule has 3 heteroatoms. The first-order valence-electron chi connectivity index (χ1n) is 4.84. The Labute approximate surface area is 78.7 Å². The van der Waals surface area contributed by atoms with E-state index < -0.39 is 0 Å². The minimum atomic E-state index is -0.167. The Morgan fingerprint density at radius 2 is 2.38 bits per heavy atom.